The Morgan fingerprint density at radius 1 is 1.07 bits per heavy atom. The molecule has 0 radical (unpaired) electrons. The summed E-state index contributed by atoms with van der Waals surface area (Å²) in [6.45, 7) is 3.73. The van der Waals surface area contributed by atoms with Crippen LogP contribution in [0.15, 0.2) is 54.6 Å². The molecule has 0 atom stereocenters. The quantitative estimate of drug-likeness (QED) is 0.652. The molecule has 5 nitrogen and oxygen atoms in total. The van der Waals surface area contributed by atoms with Gasteiger partial charge in [0.15, 0.2) is 6.61 Å². The molecular formula is C21H19ClN2O3. The number of amides is 1. The first-order valence-electron chi connectivity index (χ1n) is 8.37. The molecule has 0 aliphatic heterocycles. The molecule has 1 heterocycles. The van der Waals surface area contributed by atoms with Crippen molar-refractivity contribution in [3.63, 3.8) is 0 Å². The first kappa shape index (κ1) is 18.7. The first-order chi connectivity index (χ1) is 12.9. The zero-order valence-corrected chi connectivity index (χ0v) is 15.8. The van der Waals surface area contributed by atoms with Gasteiger partial charge in [0.1, 0.15) is 5.75 Å². The fourth-order valence-corrected chi connectivity index (χ4v) is 3.18. The molecule has 0 unspecified atom stereocenters. The lowest BCUT2D eigenvalue weighted by molar-refractivity contribution is 0.0919. The molecule has 27 heavy (non-hydrogen) atoms. The molecule has 0 aliphatic carbocycles. The molecule has 0 bridgehead atoms. The lowest BCUT2D eigenvalue weighted by Gasteiger charge is -2.10. The van der Waals surface area contributed by atoms with Crippen molar-refractivity contribution in [3.05, 3.63) is 82.1 Å². The average Bonchev–Trinajstić information content (AvgIpc) is 2.94. The zero-order valence-electron chi connectivity index (χ0n) is 15.0. The van der Waals surface area contributed by atoms with Crippen LogP contribution in [0.2, 0.25) is 5.02 Å². The number of Topliss-reactive ketones (excluding diaryl/α,β-unsaturated/α-hetero) is 1. The highest BCUT2D eigenvalue weighted by Gasteiger charge is 2.17. The van der Waals surface area contributed by atoms with Crippen LogP contribution in [-0.2, 0) is 0 Å². The molecule has 1 amide bonds. The second kappa shape index (κ2) is 7.68. The van der Waals surface area contributed by atoms with E-state index in [0.717, 1.165) is 17.1 Å². The summed E-state index contributed by atoms with van der Waals surface area (Å²) in [7, 11) is 0. The van der Waals surface area contributed by atoms with Gasteiger partial charge in [0.25, 0.3) is 0 Å². The van der Waals surface area contributed by atoms with Gasteiger partial charge >= 0.3 is 0 Å². The smallest absolute Gasteiger partial charge is 0.248 e. The van der Waals surface area contributed by atoms with E-state index in [9.17, 15) is 9.59 Å². The van der Waals surface area contributed by atoms with Gasteiger partial charge in [0.2, 0.25) is 11.7 Å². The van der Waals surface area contributed by atoms with Crippen molar-refractivity contribution < 1.29 is 14.3 Å². The normalized spacial score (nSPS) is 10.6. The molecule has 3 rings (SSSR count). The average molecular weight is 383 g/mol. The molecule has 2 aromatic carbocycles. The summed E-state index contributed by atoms with van der Waals surface area (Å²) in [5.74, 6) is -0.140. The number of ether oxygens (including phenoxy) is 1. The van der Waals surface area contributed by atoms with E-state index in [1.807, 2.05) is 48.7 Å². The molecule has 0 saturated carbocycles. The third kappa shape index (κ3) is 4.04. The van der Waals surface area contributed by atoms with Crippen LogP contribution in [-0.4, -0.2) is 22.9 Å². The molecule has 3 aromatic rings. The van der Waals surface area contributed by atoms with Crippen LogP contribution in [0, 0.1) is 13.8 Å². The van der Waals surface area contributed by atoms with Gasteiger partial charge in [-0.15, -0.1) is 0 Å². The van der Waals surface area contributed by atoms with Crippen LogP contribution in [0.5, 0.6) is 5.75 Å². The van der Waals surface area contributed by atoms with Gasteiger partial charge in [0, 0.05) is 33.2 Å². The fraction of sp³-hybridized carbons (Fsp3) is 0.143. The monoisotopic (exact) mass is 382 g/mol. The third-order valence-electron chi connectivity index (χ3n) is 4.31. The largest absolute Gasteiger partial charge is 0.485 e. The summed E-state index contributed by atoms with van der Waals surface area (Å²) in [6, 6.07) is 15.7. The van der Waals surface area contributed by atoms with Crippen molar-refractivity contribution in [2.75, 3.05) is 6.61 Å². The van der Waals surface area contributed by atoms with Gasteiger partial charge in [-0.25, -0.2) is 0 Å². The standard InChI is InChI=1S/C21H19ClN2O3/c1-13-10-19(14(2)24(13)17-5-3-4-16(22)11-17)20(25)12-27-18-8-6-15(7-9-18)21(23)26/h3-11H,12H2,1-2H3,(H2,23,26). The van der Waals surface area contributed by atoms with E-state index >= 15 is 0 Å². The molecule has 138 valence electrons. The predicted molar refractivity (Wildman–Crippen MR) is 105 cm³/mol. The second-order valence-corrected chi connectivity index (χ2v) is 6.64. The fourth-order valence-electron chi connectivity index (χ4n) is 3.00. The number of primary amides is 1. The number of benzene rings is 2. The highest BCUT2D eigenvalue weighted by atomic mass is 35.5. The van der Waals surface area contributed by atoms with Gasteiger partial charge in [-0.2, -0.15) is 0 Å². The van der Waals surface area contributed by atoms with E-state index in [0.29, 0.717) is 21.9 Å². The van der Waals surface area contributed by atoms with Crippen molar-refractivity contribution in [1.29, 1.82) is 0 Å². The van der Waals surface area contributed by atoms with Gasteiger partial charge < -0.3 is 15.0 Å². The van der Waals surface area contributed by atoms with E-state index in [-0.39, 0.29) is 12.4 Å². The molecule has 6 heteroatoms. The van der Waals surface area contributed by atoms with Crippen LogP contribution in [0.3, 0.4) is 0 Å². The summed E-state index contributed by atoms with van der Waals surface area (Å²) in [5, 5.41) is 0.635. The van der Waals surface area contributed by atoms with Crippen molar-refractivity contribution >= 4 is 23.3 Å². The van der Waals surface area contributed by atoms with E-state index in [2.05, 4.69) is 0 Å². The van der Waals surface area contributed by atoms with Crippen molar-refractivity contribution in [3.8, 4) is 11.4 Å². The van der Waals surface area contributed by atoms with Crippen LogP contribution in [0.25, 0.3) is 5.69 Å². The number of rotatable bonds is 6. The van der Waals surface area contributed by atoms with Gasteiger partial charge in [0.05, 0.1) is 0 Å². The minimum atomic E-state index is -0.508. The Morgan fingerprint density at radius 3 is 2.41 bits per heavy atom. The minimum absolute atomic E-state index is 0.101. The lowest BCUT2D eigenvalue weighted by Crippen LogP contribution is -2.13. The Kier molecular flexibility index (Phi) is 5.33. The van der Waals surface area contributed by atoms with Crippen LogP contribution in [0.1, 0.15) is 32.1 Å². The molecule has 0 fully saturated rings. The highest BCUT2D eigenvalue weighted by Crippen LogP contribution is 2.23. The molecule has 0 saturated heterocycles. The Labute approximate surface area is 162 Å². The SMILES string of the molecule is Cc1cc(C(=O)COc2ccc(C(N)=O)cc2)c(C)n1-c1cccc(Cl)c1. The summed E-state index contributed by atoms with van der Waals surface area (Å²) >= 11 is 6.09. The summed E-state index contributed by atoms with van der Waals surface area (Å²) in [6.07, 6.45) is 0. The molecule has 2 N–H and O–H groups in total. The maximum atomic E-state index is 12.6. The number of hydrogen-bond donors (Lipinski definition) is 1. The molecular weight excluding hydrogens is 364 g/mol. The number of carbonyl (C=O) groups excluding carboxylic acids is 2. The number of carbonyl (C=O) groups is 2. The highest BCUT2D eigenvalue weighted by molar-refractivity contribution is 6.30. The first-order valence-corrected chi connectivity index (χ1v) is 8.75. The maximum Gasteiger partial charge on any atom is 0.248 e. The number of hydrogen-bond acceptors (Lipinski definition) is 3. The number of ketones is 1. The van der Waals surface area contributed by atoms with Crippen LogP contribution < -0.4 is 10.5 Å². The Balaban J connectivity index is 1.77. The third-order valence-corrected chi connectivity index (χ3v) is 4.54. The van der Waals surface area contributed by atoms with E-state index in [1.54, 1.807) is 24.3 Å². The molecule has 0 spiro atoms. The van der Waals surface area contributed by atoms with Gasteiger partial charge in [-0.1, -0.05) is 17.7 Å². The zero-order chi connectivity index (χ0) is 19.6. The van der Waals surface area contributed by atoms with Crippen molar-refractivity contribution in [1.82, 2.24) is 4.57 Å². The topological polar surface area (TPSA) is 74.3 Å². The Bertz CT molecular complexity index is 1010. The van der Waals surface area contributed by atoms with E-state index in [4.69, 9.17) is 22.1 Å². The van der Waals surface area contributed by atoms with Gasteiger partial charge in [-0.05, 0) is 62.4 Å². The van der Waals surface area contributed by atoms with Crippen LogP contribution in [0.4, 0.5) is 0 Å². The van der Waals surface area contributed by atoms with Crippen molar-refractivity contribution in [2.24, 2.45) is 5.73 Å². The summed E-state index contributed by atoms with van der Waals surface area (Å²) in [5.41, 5.74) is 8.86. The number of aryl methyl sites for hydroxylation is 1. The number of aromatic nitrogens is 1. The van der Waals surface area contributed by atoms with Crippen molar-refractivity contribution in [2.45, 2.75) is 13.8 Å². The Hall–Kier alpha value is -3.05. The van der Waals surface area contributed by atoms with E-state index in [1.165, 1.54) is 0 Å². The summed E-state index contributed by atoms with van der Waals surface area (Å²) in [4.78, 5) is 23.7. The Morgan fingerprint density at radius 2 is 1.78 bits per heavy atom. The van der Waals surface area contributed by atoms with E-state index < -0.39 is 5.91 Å². The number of halogens is 1. The molecule has 0 aliphatic rings. The summed E-state index contributed by atoms with van der Waals surface area (Å²) < 4.78 is 7.54. The number of nitrogens with two attached hydrogens (primary N) is 1. The minimum Gasteiger partial charge on any atom is -0.485 e. The molecule has 1 aromatic heterocycles. The van der Waals surface area contributed by atoms with Crippen LogP contribution >= 0.6 is 11.6 Å². The lowest BCUT2D eigenvalue weighted by atomic mass is 10.1. The number of nitrogens with zero attached hydrogens (tertiary/aromatic N) is 1. The predicted octanol–water partition coefficient (Wildman–Crippen LogP) is 4.11. The second-order valence-electron chi connectivity index (χ2n) is 6.20. The maximum absolute atomic E-state index is 12.6. The van der Waals surface area contributed by atoms with Gasteiger partial charge in [-0.3, -0.25) is 9.59 Å².